The number of rotatable bonds is 7. The average Bonchev–Trinajstić information content (AvgIpc) is 3.16. The molecule has 0 radical (unpaired) electrons. The number of halogens is 1. The van der Waals surface area contributed by atoms with Gasteiger partial charge < -0.3 is 20.3 Å². The van der Waals surface area contributed by atoms with Crippen molar-refractivity contribution in [3.63, 3.8) is 0 Å². The van der Waals surface area contributed by atoms with E-state index in [-0.39, 0.29) is 24.0 Å². The summed E-state index contributed by atoms with van der Waals surface area (Å²) in [6.45, 7) is 6.21. The fraction of sp³-hybridized carbons (Fsp3) is 0.409. The third-order valence-electron chi connectivity index (χ3n) is 4.80. The Morgan fingerprint density at radius 2 is 1.89 bits per heavy atom. The van der Waals surface area contributed by atoms with Crippen molar-refractivity contribution in [3.05, 3.63) is 65.7 Å². The molecule has 3 rings (SSSR count). The van der Waals surface area contributed by atoms with Crippen LogP contribution in [-0.4, -0.2) is 45.3 Å². The van der Waals surface area contributed by atoms with Gasteiger partial charge in [-0.3, -0.25) is 4.99 Å². The maximum Gasteiger partial charge on any atom is 0.191 e. The smallest absolute Gasteiger partial charge is 0.191 e. The number of hydrogen-bond donors (Lipinski definition) is 2. The van der Waals surface area contributed by atoms with Crippen LogP contribution in [0.3, 0.4) is 0 Å². The number of anilines is 1. The first-order valence-corrected chi connectivity index (χ1v) is 9.65. The first-order chi connectivity index (χ1) is 13.2. The molecule has 2 aromatic rings. The van der Waals surface area contributed by atoms with E-state index in [0.29, 0.717) is 19.3 Å². The zero-order chi connectivity index (χ0) is 18.9. The lowest BCUT2D eigenvalue weighted by atomic mass is 10.2. The van der Waals surface area contributed by atoms with Gasteiger partial charge in [0, 0.05) is 38.4 Å². The fourth-order valence-corrected chi connectivity index (χ4v) is 3.26. The number of nitrogens with one attached hydrogen (secondary N) is 2. The fourth-order valence-electron chi connectivity index (χ4n) is 3.26. The Morgan fingerprint density at radius 3 is 2.61 bits per heavy atom. The highest BCUT2D eigenvalue weighted by Gasteiger charge is 2.23. The minimum absolute atomic E-state index is 0. The number of ether oxygens (including phenoxy) is 1. The van der Waals surface area contributed by atoms with Crippen LogP contribution in [0.1, 0.15) is 17.5 Å². The van der Waals surface area contributed by atoms with E-state index in [1.807, 2.05) is 25.2 Å². The zero-order valence-electron chi connectivity index (χ0n) is 16.7. The van der Waals surface area contributed by atoms with Crippen LogP contribution in [0.4, 0.5) is 5.69 Å². The Morgan fingerprint density at radius 1 is 1.14 bits per heavy atom. The number of aryl methyl sites for hydroxylation is 1. The lowest BCUT2D eigenvalue weighted by molar-refractivity contribution is 0.125. The molecular formula is C22H31IN4O. The molecule has 28 heavy (non-hydrogen) atoms. The summed E-state index contributed by atoms with van der Waals surface area (Å²) >= 11 is 0. The molecule has 0 amide bonds. The van der Waals surface area contributed by atoms with Crippen LogP contribution in [0.2, 0.25) is 0 Å². The van der Waals surface area contributed by atoms with Crippen molar-refractivity contribution in [2.24, 2.45) is 4.99 Å². The Labute approximate surface area is 185 Å². The van der Waals surface area contributed by atoms with E-state index >= 15 is 0 Å². The monoisotopic (exact) mass is 494 g/mol. The molecule has 152 valence electrons. The summed E-state index contributed by atoms with van der Waals surface area (Å²) < 4.78 is 5.72. The number of hydrogen-bond acceptors (Lipinski definition) is 3. The second-order valence-electron chi connectivity index (χ2n) is 6.95. The molecule has 1 saturated heterocycles. The lowest BCUT2D eigenvalue weighted by Gasteiger charge is -2.20. The standard InChI is InChI=1S/C22H30N4O.HI/c1-18-8-10-21(11-9-18)26-14-12-20(16-26)25-22(23-2)24-13-15-27-17-19-6-4-3-5-7-19;/h3-11,20H,12-17H2,1-2H3,(H2,23,24,25);1H. The van der Waals surface area contributed by atoms with E-state index in [2.05, 4.69) is 63.8 Å². The summed E-state index contributed by atoms with van der Waals surface area (Å²) in [5.74, 6) is 0.842. The molecule has 0 aliphatic carbocycles. The summed E-state index contributed by atoms with van der Waals surface area (Å²) in [5, 5.41) is 6.87. The molecule has 2 aromatic carbocycles. The van der Waals surface area contributed by atoms with E-state index < -0.39 is 0 Å². The molecule has 1 unspecified atom stereocenters. The lowest BCUT2D eigenvalue weighted by Crippen LogP contribution is -2.45. The summed E-state index contributed by atoms with van der Waals surface area (Å²) in [6.07, 6.45) is 1.11. The Hall–Kier alpha value is -1.80. The zero-order valence-corrected chi connectivity index (χ0v) is 19.1. The highest BCUT2D eigenvalue weighted by molar-refractivity contribution is 14.0. The van der Waals surface area contributed by atoms with Gasteiger partial charge in [0.2, 0.25) is 0 Å². The maximum atomic E-state index is 5.72. The minimum atomic E-state index is 0. The SMILES string of the molecule is CN=C(NCCOCc1ccccc1)NC1CCN(c2ccc(C)cc2)C1.I. The van der Waals surface area contributed by atoms with Gasteiger partial charge in [0.15, 0.2) is 5.96 Å². The van der Waals surface area contributed by atoms with Crippen LogP contribution in [0.25, 0.3) is 0 Å². The van der Waals surface area contributed by atoms with Crippen molar-refractivity contribution >= 4 is 35.6 Å². The Kier molecular flexibility index (Phi) is 9.57. The Bertz CT molecular complexity index is 721. The van der Waals surface area contributed by atoms with E-state index in [0.717, 1.165) is 32.0 Å². The van der Waals surface area contributed by atoms with Crippen LogP contribution in [0.5, 0.6) is 0 Å². The molecule has 1 heterocycles. The molecule has 1 fully saturated rings. The first kappa shape index (κ1) is 22.5. The molecule has 1 aliphatic rings. The highest BCUT2D eigenvalue weighted by atomic mass is 127. The van der Waals surface area contributed by atoms with E-state index in [4.69, 9.17) is 4.74 Å². The van der Waals surface area contributed by atoms with Crippen molar-refractivity contribution in [3.8, 4) is 0 Å². The third kappa shape index (κ3) is 6.98. The molecule has 0 saturated carbocycles. The second-order valence-corrected chi connectivity index (χ2v) is 6.95. The molecule has 6 heteroatoms. The van der Waals surface area contributed by atoms with Gasteiger partial charge in [-0.15, -0.1) is 24.0 Å². The van der Waals surface area contributed by atoms with E-state index in [1.54, 1.807) is 0 Å². The van der Waals surface area contributed by atoms with Crippen molar-refractivity contribution in [2.75, 3.05) is 38.2 Å². The van der Waals surface area contributed by atoms with Gasteiger partial charge in [0.05, 0.1) is 13.2 Å². The summed E-state index contributed by atoms with van der Waals surface area (Å²) in [4.78, 5) is 6.76. The van der Waals surface area contributed by atoms with Crippen LogP contribution in [0, 0.1) is 6.92 Å². The van der Waals surface area contributed by atoms with Gasteiger partial charge in [0.1, 0.15) is 0 Å². The molecule has 1 aliphatic heterocycles. The van der Waals surface area contributed by atoms with Gasteiger partial charge in [-0.1, -0.05) is 48.0 Å². The number of benzene rings is 2. The molecule has 1 atom stereocenters. The number of aliphatic imine (C=N–C) groups is 1. The van der Waals surface area contributed by atoms with Gasteiger partial charge in [-0.05, 0) is 31.0 Å². The van der Waals surface area contributed by atoms with E-state index in [1.165, 1.54) is 16.8 Å². The highest BCUT2D eigenvalue weighted by Crippen LogP contribution is 2.20. The van der Waals surface area contributed by atoms with Crippen LogP contribution >= 0.6 is 24.0 Å². The second kappa shape index (κ2) is 11.9. The van der Waals surface area contributed by atoms with Crippen LogP contribution in [0.15, 0.2) is 59.6 Å². The van der Waals surface area contributed by atoms with Gasteiger partial charge in [-0.25, -0.2) is 0 Å². The molecule has 2 N–H and O–H groups in total. The van der Waals surface area contributed by atoms with Gasteiger partial charge in [0.25, 0.3) is 0 Å². The summed E-state index contributed by atoms with van der Waals surface area (Å²) in [6, 6.07) is 19.4. The minimum Gasteiger partial charge on any atom is -0.375 e. The summed E-state index contributed by atoms with van der Waals surface area (Å²) in [5.41, 5.74) is 3.79. The van der Waals surface area contributed by atoms with Crippen molar-refractivity contribution in [1.29, 1.82) is 0 Å². The number of guanidine groups is 1. The van der Waals surface area contributed by atoms with Gasteiger partial charge in [-0.2, -0.15) is 0 Å². The quantitative estimate of drug-likeness (QED) is 0.268. The number of nitrogens with zero attached hydrogens (tertiary/aromatic N) is 2. The van der Waals surface area contributed by atoms with Crippen molar-refractivity contribution < 1.29 is 4.74 Å². The normalized spacial score (nSPS) is 16.6. The average molecular weight is 494 g/mol. The molecule has 0 bridgehead atoms. The Balaban J connectivity index is 0.00000280. The molecule has 0 aromatic heterocycles. The van der Waals surface area contributed by atoms with Crippen LogP contribution < -0.4 is 15.5 Å². The van der Waals surface area contributed by atoms with Crippen LogP contribution in [-0.2, 0) is 11.3 Å². The first-order valence-electron chi connectivity index (χ1n) is 9.65. The molecular weight excluding hydrogens is 463 g/mol. The van der Waals surface area contributed by atoms with Gasteiger partial charge >= 0.3 is 0 Å². The maximum absolute atomic E-state index is 5.72. The molecule has 5 nitrogen and oxygen atoms in total. The van der Waals surface area contributed by atoms with Crippen molar-refractivity contribution in [2.45, 2.75) is 26.0 Å². The van der Waals surface area contributed by atoms with Crippen molar-refractivity contribution in [1.82, 2.24) is 10.6 Å². The summed E-state index contributed by atoms with van der Waals surface area (Å²) in [7, 11) is 1.81. The predicted octanol–water partition coefficient (Wildman–Crippen LogP) is 3.57. The third-order valence-corrected chi connectivity index (χ3v) is 4.80. The largest absolute Gasteiger partial charge is 0.375 e. The topological polar surface area (TPSA) is 48.9 Å². The molecule has 0 spiro atoms. The predicted molar refractivity (Wildman–Crippen MR) is 128 cm³/mol. The van der Waals surface area contributed by atoms with E-state index in [9.17, 15) is 0 Å².